The molecule has 2 radical (unpaired) electrons. The Hall–Kier alpha value is -2.68. The molecule has 0 aliphatic carbocycles. The van der Waals surface area contributed by atoms with Crippen molar-refractivity contribution >= 4 is 19.8 Å². The summed E-state index contributed by atoms with van der Waals surface area (Å²) in [5.41, 5.74) is 0.631. The van der Waals surface area contributed by atoms with Gasteiger partial charge in [0, 0.05) is 13.8 Å². The van der Waals surface area contributed by atoms with Gasteiger partial charge >= 0.3 is 11.9 Å². The lowest BCUT2D eigenvalue weighted by Crippen LogP contribution is -2.53. The molecule has 4 atom stereocenters. The van der Waals surface area contributed by atoms with Gasteiger partial charge in [-0.25, -0.2) is 0 Å². The lowest BCUT2D eigenvalue weighted by atomic mass is 9.89. The first-order valence-electron chi connectivity index (χ1n) is 10.4. The molecule has 168 valence electrons. The van der Waals surface area contributed by atoms with Gasteiger partial charge in [-0.3, -0.25) is 9.59 Å². The molecule has 1 fully saturated rings. The summed E-state index contributed by atoms with van der Waals surface area (Å²) in [4.78, 5) is 23.3. The molecule has 0 bridgehead atoms. The van der Waals surface area contributed by atoms with E-state index in [1.807, 2.05) is 60.7 Å². The monoisotopic (exact) mass is 438 g/mol. The van der Waals surface area contributed by atoms with Gasteiger partial charge in [0.25, 0.3) is 0 Å². The number of esters is 2. The van der Waals surface area contributed by atoms with Crippen LogP contribution in [0.15, 0.2) is 60.7 Å². The minimum Gasteiger partial charge on any atom is -0.463 e. The number of hydrogen-bond donors (Lipinski definition) is 0. The molecule has 0 aromatic heterocycles. The van der Waals surface area contributed by atoms with Crippen LogP contribution in [-0.4, -0.2) is 56.8 Å². The zero-order valence-electron chi connectivity index (χ0n) is 18.3. The highest BCUT2D eigenvalue weighted by molar-refractivity contribution is 6.11. The van der Waals surface area contributed by atoms with Crippen LogP contribution in [0.1, 0.15) is 25.0 Å². The van der Waals surface area contributed by atoms with E-state index < -0.39 is 35.8 Å². The summed E-state index contributed by atoms with van der Waals surface area (Å²) < 4.78 is 28.9. The van der Waals surface area contributed by atoms with E-state index in [9.17, 15) is 9.59 Å². The van der Waals surface area contributed by atoms with Crippen LogP contribution in [0.3, 0.4) is 0 Å². The van der Waals surface area contributed by atoms with Crippen molar-refractivity contribution in [3.8, 4) is 0 Å². The van der Waals surface area contributed by atoms with E-state index in [0.29, 0.717) is 6.61 Å². The number of benzene rings is 2. The van der Waals surface area contributed by atoms with Gasteiger partial charge in [0.15, 0.2) is 5.60 Å². The lowest BCUT2D eigenvalue weighted by Gasteiger charge is -2.34. The molecular formula is C24H27BO7. The SMILES string of the molecule is [B][C@@H]1O[C@@](COCc2ccccc2)(COC(C)=O)[C@@H](OCc2ccccc2)[C@H]1OC(C)=O. The van der Waals surface area contributed by atoms with Gasteiger partial charge in [-0.15, -0.1) is 0 Å². The topological polar surface area (TPSA) is 80.3 Å². The molecule has 2 aromatic carbocycles. The van der Waals surface area contributed by atoms with Crippen molar-refractivity contribution in [3.63, 3.8) is 0 Å². The number of carbonyl (C=O) groups is 2. The molecule has 1 aliphatic rings. The van der Waals surface area contributed by atoms with Crippen LogP contribution in [0.2, 0.25) is 0 Å². The zero-order valence-corrected chi connectivity index (χ0v) is 18.3. The summed E-state index contributed by atoms with van der Waals surface area (Å²) in [5.74, 6) is -1.00. The molecular weight excluding hydrogens is 411 g/mol. The minimum absolute atomic E-state index is 0.0140. The Bertz CT molecular complexity index is 876. The van der Waals surface area contributed by atoms with Crippen LogP contribution < -0.4 is 0 Å². The summed E-state index contributed by atoms with van der Waals surface area (Å²) in [6, 6.07) is 18.2. The highest BCUT2D eigenvalue weighted by atomic mass is 16.7. The first kappa shape index (κ1) is 24.0. The third kappa shape index (κ3) is 6.42. The molecule has 2 aromatic rings. The Balaban J connectivity index is 1.82. The van der Waals surface area contributed by atoms with E-state index in [4.69, 9.17) is 31.5 Å². The highest BCUT2D eigenvalue weighted by Crippen LogP contribution is 2.36. The van der Waals surface area contributed by atoms with Crippen molar-refractivity contribution < 1.29 is 33.3 Å². The van der Waals surface area contributed by atoms with E-state index in [-0.39, 0.29) is 19.8 Å². The zero-order chi connectivity index (χ0) is 23.0. The normalized spacial score (nSPS) is 24.8. The highest BCUT2D eigenvalue weighted by Gasteiger charge is 2.57. The number of ether oxygens (including phenoxy) is 5. The summed E-state index contributed by atoms with van der Waals surface area (Å²) in [7, 11) is 6.18. The molecule has 1 saturated heterocycles. The smallest absolute Gasteiger partial charge is 0.303 e. The molecule has 8 heteroatoms. The van der Waals surface area contributed by atoms with Crippen molar-refractivity contribution in [2.75, 3.05) is 13.2 Å². The average molecular weight is 438 g/mol. The maximum atomic E-state index is 11.7. The predicted octanol–water partition coefficient (Wildman–Crippen LogP) is 2.55. The summed E-state index contributed by atoms with van der Waals surface area (Å²) in [6.07, 6.45) is -1.72. The van der Waals surface area contributed by atoms with E-state index in [2.05, 4.69) is 0 Å². The summed E-state index contributed by atoms with van der Waals surface area (Å²) in [6.45, 7) is 2.97. The fraction of sp³-hybridized carbons (Fsp3) is 0.417. The van der Waals surface area contributed by atoms with Gasteiger partial charge in [0.2, 0.25) is 0 Å². The van der Waals surface area contributed by atoms with Gasteiger partial charge in [0.1, 0.15) is 26.7 Å². The van der Waals surface area contributed by atoms with Crippen LogP contribution in [-0.2, 0) is 46.5 Å². The van der Waals surface area contributed by atoms with Gasteiger partial charge in [-0.05, 0) is 11.1 Å². The van der Waals surface area contributed by atoms with Gasteiger partial charge < -0.3 is 23.7 Å². The Morgan fingerprint density at radius 2 is 1.50 bits per heavy atom. The Morgan fingerprint density at radius 3 is 2.06 bits per heavy atom. The van der Waals surface area contributed by atoms with Crippen LogP contribution >= 0.6 is 0 Å². The molecule has 0 N–H and O–H groups in total. The van der Waals surface area contributed by atoms with Gasteiger partial charge in [-0.1, -0.05) is 60.7 Å². The third-order valence-corrected chi connectivity index (χ3v) is 5.06. The van der Waals surface area contributed by atoms with Gasteiger partial charge in [-0.2, -0.15) is 0 Å². The quantitative estimate of drug-likeness (QED) is 0.417. The first-order valence-corrected chi connectivity index (χ1v) is 10.4. The molecule has 0 spiro atoms. The van der Waals surface area contributed by atoms with Gasteiger partial charge in [0.05, 0.1) is 25.8 Å². The number of hydrogen-bond acceptors (Lipinski definition) is 7. The van der Waals surface area contributed by atoms with Crippen molar-refractivity contribution in [2.45, 2.75) is 50.9 Å². The van der Waals surface area contributed by atoms with E-state index in [0.717, 1.165) is 11.1 Å². The lowest BCUT2D eigenvalue weighted by molar-refractivity contribution is -0.182. The fourth-order valence-electron chi connectivity index (χ4n) is 3.62. The fourth-order valence-corrected chi connectivity index (χ4v) is 3.62. The molecule has 32 heavy (non-hydrogen) atoms. The molecule has 0 unspecified atom stereocenters. The molecule has 1 aliphatic heterocycles. The Morgan fingerprint density at radius 1 is 0.906 bits per heavy atom. The second-order valence-corrected chi connectivity index (χ2v) is 7.70. The standard InChI is InChI=1S/C24H27BO7/c1-17(26)30-16-24(15-28-13-19-9-5-3-6-10-19)22(21(23(25)32-24)31-18(2)27)29-14-20-11-7-4-8-12-20/h3-12,21-23H,13-16H2,1-2H3/t21-,22+,23-,24+/m1/s1. The summed E-state index contributed by atoms with van der Waals surface area (Å²) >= 11 is 0. The summed E-state index contributed by atoms with van der Waals surface area (Å²) in [5, 5.41) is 0. The second-order valence-electron chi connectivity index (χ2n) is 7.70. The second kappa shape index (κ2) is 11.3. The first-order chi connectivity index (χ1) is 15.4. The molecule has 0 saturated carbocycles. The van der Waals surface area contributed by atoms with E-state index >= 15 is 0 Å². The Labute approximate surface area is 189 Å². The van der Waals surface area contributed by atoms with Crippen LogP contribution in [0.4, 0.5) is 0 Å². The van der Waals surface area contributed by atoms with Crippen molar-refractivity contribution in [1.29, 1.82) is 0 Å². The van der Waals surface area contributed by atoms with Crippen molar-refractivity contribution in [1.82, 2.24) is 0 Å². The van der Waals surface area contributed by atoms with E-state index in [1.165, 1.54) is 13.8 Å². The molecule has 7 nitrogen and oxygen atoms in total. The van der Waals surface area contributed by atoms with Crippen molar-refractivity contribution in [3.05, 3.63) is 71.8 Å². The van der Waals surface area contributed by atoms with Crippen LogP contribution in [0.5, 0.6) is 0 Å². The molecule has 0 amide bonds. The number of carbonyl (C=O) groups excluding carboxylic acids is 2. The maximum Gasteiger partial charge on any atom is 0.303 e. The predicted molar refractivity (Wildman–Crippen MR) is 117 cm³/mol. The number of rotatable bonds is 10. The van der Waals surface area contributed by atoms with Crippen molar-refractivity contribution in [2.24, 2.45) is 0 Å². The van der Waals surface area contributed by atoms with Crippen LogP contribution in [0.25, 0.3) is 0 Å². The minimum atomic E-state index is -1.26. The largest absolute Gasteiger partial charge is 0.463 e. The molecule has 3 rings (SSSR count). The third-order valence-electron chi connectivity index (χ3n) is 5.06. The maximum absolute atomic E-state index is 11.7. The molecule has 1 heterocycles. The Kier molecular flexibility index (Phi) is 8.44. The average Bonchev–Trinajstić information content (AvgIpc) is 3.02. The van der Waals surface area contributed by atoms with E-state index in [1.54, 1.807) is 0 Å². The van der Waals surface area contributed by atoms with Crippen LogP contribution in [0, 0.1) is 0 Å².